The lowest BCUT2D eigenvalue weighted by Gasteiger charge is -2.18. The van der Waals surface area contributed by atoms with Crippen LogP contribution in [0.1, 0.15) is 29.8 Å². The van der Waals surface area contributed by atoms with Crippen LogP contribution in [0.5, 0.6) is 0 Å². The topological polar surface area (TPSA) is 64.4 Å². The Labute approximate surface area is 151 Å². The van der Waals surface area contributed by atoms with E-state index in [9.17, 15) is 9.59 Å². The van der Waals surface area contributed by atoms with Gasteiger partial charge in [-0.2, -0.15) is 5.10 Å². The molecule has 3 saturated heterocycles. The average molecular weight is 351 g/mol. The van der Waals surface area contributed by atoms with Gasteiger partial charge in [0.2, 0.25) is 11.8 Å². The van der Waals surface area contributed by atoms with Gasteiger partial charge in [-0.1, -0.05) is 12.1 Å². The number of imide groups is 1. The molecule has 3 aliphatic rings. The zero-order chi connectivity index (χ0) is 18.0. The van der Waals surface area contributed by atoms with Crippen LogP contribution in [0.3, 0.4) is 0 Å². The molecule has 26 heavy (non-hydrogen) atoms. The Balaban J connectivity index is 1.45. The summed E-state index contributed by atoms with van der Waals surface area (Å²) in [6.45, 7) is 4.61. The summed E-state index contributed by atoms with van der Waals surface area (Å²) < 4.78 is 7.74. The lowest BCUT2D eigenvalue weighted by Crippen LogP contribution is -2.34. The zero-order valence-corrected chi connectivity index (χ0v) is 14.9. The molecule has 0 N–H and O–H groups in total. The highest BCUT2D eigenvalue weighted by atomic mass is 16.5. The van der Waals surface area contributed by atoms with Crippen LogP contribution in [0.4, 0.5) is 5.69 Å². The molecule has 2 aromatic rings. The van der Waals surface area contributed by atoms with Gasteiger partial charge in [-0.15, -0.1) is 0 Å². The molecule has 5 rings (SSSR count). The second-order valence-electron chi connectivity index (χ2n) is 7.61. The maximum atomic E-state index is 12.9. The normalized spacial score (nSPS) is 29.7. The highest BCUT2D eigenvalue weighted by Gasteiger charge is 2.62. The number of nitrogens with zero attached hydrogens (tertiary/aromatic N) is 3. The van der Waals surface area contributed by atoms with Crippen molar-refractivity contribution < 1.29 is 14.3 Å². The van der Waals surface area contributed by atoms with Gasteiger partial charge in [-0.05, 0) is 50.5 Å². The Hall–Kier alpha value is -2.47. The maximum absolute atomic E-state index is 12.9. The SMILES string of the molecule is Cc1cc(C)n(Cc2cccc(N3C(=O)[C@@H]4[C@H](C3=O)[C@H]3CC[C@H]4O3)c2)n1. The number of aromatic nitrogens is 2. The highest BCUT2D eigenvalue weighted by Crippen LogP contribution is 2.49. The van der Waals surface area contributed by atoms with Gasteiger partial charge in [0.1, 0.15) is 0 Å². The number of carbonyl (C=O) groups excluding carboxylic acids is 2. The van der Waals surface area contributed by atoms with Crippen molar-refractivity contribution in [3.8, 4) is 0 Å². The van der Waals surface area contributed by atoms with Crippen LogP contribution >= 0.6 is 0 Å². The number of amides is 2. The molecule has 3 fully saturated rings. The second kappa shape index (κ2) is 5.51. The van der Waals surface area contributed by atoms with Crippen LogP contribution in [0, 0.1) is 25.7 Å². The fraction of sp³-hybridized carbons (Fsp3) is 0.450. The molecule has 0 saturated carbocycles. The Morgan fingerprint density at radius 3 is 2.38 bits per heavy atom. The lowest BCUT2D eigenvalue weighted by molar-refractivity contribution is -0.124. The van der Waals surface area contributed by atoms with E-state index < -0.39 is 0 Å². The van der Waals surface area contributed by atoms with E-state index in [0.717, 1.165) is 29.8 Å². The van der Waals surface area contributed by atoms with Gasteiger partial charge >= 0.3 is 0 Å². The number of ether oxygens (including phenoxy) is 1. The first-order chi connectivity index (χ1) is 12.5. The maximum Gasteiger partial charge on any atom is 0.240 e. The molecular weight excluding hydrogens is 330 g/mol. The Morgan fingerprint density at radius 2 is 1.77 bits per heavy atom. The Kier molecular flexibility index (Phi) is 3.34. The number of hydrogen-bond acceptors (Lipinski definition) is 4. The molecule has 6 nitrogen and oxygen atoms in total. The first-order valence-electron chi connectivity index (χ1n) is 9.16. The molecule has 3 aliphatic heterocycles. The minimum atomic E-state index is -0.291. The van der Waals surface area contributed by atoms with Gasteiger partial charge in [-0.3, -0.25) is 14.3 Å². The standard InChI is InChI=1S/C20H21N3O3/c1-11-8-12(2)22(21-11)10-13-4-3-5-14(9-13)23-19(24)17-15-6-7-16(26-15)18(17)20(23)25/h3-5,8-9,15-18H,6-7,10H2,1-2H3/t15-,16-,17-,18+/m1/s1. The van der Waals surface area contributed by atoms with E-state index in [1.807, 2.05) is 48.9 Å². The van der Waals surface area contributed by atoms with Crippen molar-refractivity contribution in [3.05, 3.63) is 47.3 Å². The number of aryl methyl sites for hydroxylation is 2. The summed E-state index contributed by atoms with van der Waals surface area (Å²) in [6, 6.07) is 9.70. The van der Waals surface area contributed by atoms with Gasteiger partial charge in [-0.25, -0.2) is 4.90 Å². The monoisotopic (exact) mass is 351 g/mol. The first-order valence-corrected chi connectivity index (χ1v) is 9.16. The molecular formula is C20H21N3O3. The number of rotatable bonds is 3. The fourth-order valence-corrected chi connectivity index (χ4v) is 4.77. The van der Waals surface area contributed by atoms with Crippen LogP contribution in [0.15, 0.2) is 30.3 Å². The van der Waals surface area contributed by atoms with Gasteiger partial charge in [0.05, 0.1) is 42.0 Å². The van der Waals surface area contributed by atoms with Gasteiger partial charge in [0.15, 0.2) is 0 Å². The van der Waals surface area contributed by atoms with E-state index in [2.05, 4.69) is 5.10 Å². The highest BCUT2D eigenvalue weighted by molar-refractivity contribution is 6.22. The van der Waals surface area contributed by atoms with Gasteiger partial charge in [0.25, 0.3) is 0 Å². The molecule has 0 aliphatic carbocycles. The number of benzene rings is 1. The number of fused-ring (bicyclic) bond motifs is 5. The predicted octanol–water partition coefficient (Wildman–Crippen LogP) is 2.22. The fourth-order valence-electron chi connectivity index (χ4n) is 4.77. The third kappa shape index (κ3) is 2.18. The van der Waals surface area contributed by atoms with Crippen LogP contribution in [0.25, 0.3) is 0 Å². The summed E-state index contributed by atoms with van der Waals surface area (Å²) in [6.07, 6.45) is 1.61. The zero-order valence-electron chi connectivity index (χ0n) is 14.9. The minimum Gasteiger partial charge on any atom is -0.373 e. The summed E-state index contributed by atoms with van der Waals surface area (Å²) in [5.41, 5.74) is 3.75. The summed E-state index contributed by atoms with van der Waals surface area (Å²) >= 11 is 0. The van der Waals surface area contributed by atoms with E-state index in [0.29, 0.717) is 12.2 Å². The van der Waals surface area contributed by atoms with E-state index in [1.54, 1.807) is 0 Å². The predicted molar refractivity (Wildman–Crippen MR) is 94.6 cm³/mol. The lowest BCUT2D eigenvalue weighted by atomic mass is 9.81. The number of carbonyl (C=O) groups is 2. The van der Waals surface area contributed by atoms with Crippen molar-refractivity contribution in [2.24, 2.45) is 11.8 Å². The van der Waals surface area contributed by atoms with E-state index in [-0.39, 0.29) is 35.9 Å². The molecule has 1 aromatic carbocycles. The molecule has 134 valence electrons. The first kappa shape index (κ1) is 15.8. The largest absolute Gasteiger partial charge is 0.373 e. The summed E-state index contributed by atoms with van der Waals surface area (Å²) in [5, 5.41) is 4.49. The minimum absolute atomic E-state index is 0.0793. The molecule has 2 bridgehead atoms. The molecule has 4 atom stereocenters. The van der Waals surface area contributed by atoms with Crippen molar-refractivity contribution in [2.45, 2.75) is 45.4 Å². The van der Waals surface area contributed by atoms with Crippen LogP contribution in [-0.4, -0.2) is 33.8 Å². The van der Waals surface area contributed by atoms with Crippen molar-refractivity contribution in [1.29, 1.82) is 0 Å². The molecule has 0 spiro atoms. The van der Waals surface area contributed by atoms with E-state index >= 15 is 0 Å². The Morgan fingerprint density at radius 1 is 1.08 bits per heavy atom. The van der Waals surface area contributed by atoms with E-state index in [1.165, 1.54) is 4.90 Å². The second-order valence-corrected chi connectivity index (χ2v) is 7.61. The van der Waals surface area contributed by atoms with Crippen LogP contribution in [0.2, 0.25) is 0 Å². The summed E-state index contributed by atoms with van der Waals surface area (Å²) in [5.74, 6) is -0.784. The quantitative estimate of drug-likeness (QED) is 0.796. The Bertz CT molecular complexity index is 891. The smallest absolute Gasteiger partial charge is 0.240 e. The van der Waals surface area contributed by atoms with Crippen molar-refractivity contribution in [1.82, 2.24) is 9.78 Å². The summed E-state index contributed by atoms with van der Waals surface area (Å²) in [7, 11) is 0. The molecule has 0 unspecified atom stereocenters. The molecule has 4 heterocycles. The third-order valence-corrected chi connectivity index (χ3v) is 5.89. The van der Waals surface area contributed by atoms with Gasteiger partial charge in [0, 0.05) is 5.69 Å². The van der Waals surface area contributed by atoms with Gasteiger partial charge < -0.3 is 4.74 Å². The van der Waals surface area contributed by atoms with Crippen molar-refractivity contribution in [2.75, 3.05) is 4.90 Å². The van der Waals surface area contributed by atoms with E-state index in [4.69, 9.17) is 4.74 Å². The van der Waals surface area contributed by atoms with Crippen LogP contribution < -0.4 is 4.90 Å². The molecule has 6 heteroatoms. The average Bonchev–Trinajstić information content (AvgIpc) is 3.34. The molecule has 0 radical (unpaired) electrons. The number of hydrogen-bond donors (Lipinski definition) is 0. The van der Waals surface area contributed by atoms with Crippen LogP contribution in [-0.2, 0) is 20.9 Å². The molecule has 1 aromatic heterocycles. The van der Waals surface area contributed by atoms with Crippen molar-refractivity contribution >= 4 is 17.5 Å². The number of anilines is 1. The summed E-state index contributed by atoms with van der Waals surface area (Å²) in [4.78, 5) is 27.2. The van der Waals surface area contributed by atoms with Crippen molar-refractivity contribution in [3.63, 3.8) is 0 Å². The third-order valence-electron chi connectivity index (χ3n) is 5.89. The molecule has 2 amide bonds.